The van der Waals surface area contributed by atoms with Gasteiger partial charge in [0.05, 0.1) is 5.69 Å². The number of anilines is 2. The Balaban J connectivity index is 1.17. The van der Waals surface area contributed by atoms with Gasteiger partial charge < -0.3 is 21.3 Å². The molecule has 32 heavy (non-hydrogen) atoms. The van der Waals surface area contributed by atoms with Gasteiger partial charge in [0, 0.05) is 48.5 Å². The van der Waals surface area contributed by atoms with Crippen LogP contribution < -0.4 is 21.3 Å². The van der Waals surface area contributed by atoms with Crippen LogP contribution in [0.3, 0.4) is 0 Å². The minimum atomic E-state index is -0.0991. The van der Waals surface area contributed by atoms with Gasteiger partial charge in [0.2, 0.25) is 0 Å². The molecule has 1 amide bonds. The Kier molecular flexibility index (Phi) is 4.80. The third kappa shape index (κ3) is 3.33. The predicted molar refractivity (Wildman–Crippen MR) is 128 cm³/mol. The van der Waals surface area contributed by atoms with Crippen LogP contribution in [0, 0.1) is 12.8 Å². The molecule has 1 aliphatic carbocycles. The zero-order valence-corrected chi connectivity index (χ0v) is 19.0. The number of fused-ring (bicyclic) bond motifs is 3. The summed E-state index contributed by atoms with van der Waals surface area (Å²) in [6, 6.07) is 8.94. The molecule has 3 aromatic heterocycles. The van der Waals surface area contributed by atoms with Crippen LogP contribution in [0.25, 0.3) is 10.2 Å². The molecule has 3 aliphatic rings. The van der Waals surface area contributed by atoms with E-state index >= 15 is 0 Å². The number of nitrogens with one attached hydrogen (secondary N) is 2. The van der Waals surface area contributed by atoms with E-state index in [-0.39, 0.29) is 11.9 Å². The fourth-order valence-electron chi connectivity index (χ4n) is 5.53. The van der Waals surface area contributed by atoms with Gasteiger partial charge in [0.1, 0.15) is 15.5 Å². The summed E-state index contributed by atoms with van der Waals surface area (Å²) in [6.07, 6.45) is 3.84. The number of nitrogens with zero attached hydrogens (tertiary/aromatic N) is 3. The molecule has 5 heterocycles. The van der Waals surface area contributed by atoms with Gasteiger partial charge in [-0.1, -0.05) is 6.07 Å². The van der Waals surface area contributed by atoms with Gasteiger partial charge in [0.25, 0.3) is 5.91 Å². The first kappa shape index (κ1) is 19.9. The minimum Gasteiger partial charge on any atom is -0.397 e. The number of carbonyl (C=O) groups excluding carboxylic acids is 1. The number of carbonyl (C=O) groups is 1. The van der Waals surface area contributed by atoms with E-state index in [0.29, 0.717) is 16.6 Å². The van der Waals surface area contributed by atoms with Gasteiger partial charge in [-0.2, -0.15) is 0 Å². The van der Waals surface area contributed by atoms with E-state index in [1.54, 1.807) is 0 Å². The summed E-state index contributed by atoms with van der Waals surface area (Å²) in [5.74, 6) is 1.77. The van der Waals surface area contributed by atoms with Gasteiger partial charge in [-0.3, -0.25) is 4.79 Å². The summed E-state index contributed by atoms with van der Waals surface area (Å²) >= 11 is 1.37. The highest BCUT2D eigenvalue weighted by Gasteiger charge is 2.38. The Bertz CT molecular complexity index is 1210. The van der Waals surface area contributed by atoms with Gasteiger partial charge in [0.15, 0.2) is 0 Å². The topological polar surface area (TPSA) is 96.2 Å². The maximum Gasteiger partial charge on any atom is 0.263 e. The standard InChI is InChI=1S/C24H28N6OS/c1-13-2-5-17-21(25)22(32-24(17)27-13)23(31)28-16-4-6-18-14(10-16)3-7-20(29-18)30-9-8-15-11-26-12-19(15)30/h2-3,5,7,15-16,19,26H,4,6,8-12,25H2,1H3,(H,28,31)/t15-,16+,19+/m1/s1. The quantitative estimate of drug-likeness (QED) is 0.570. The molecule has 166 valence electrons. The SMILES string of the molecule is Cc1ccc2c(N)c(C(=O)N[C@H]3CCc4nc(N5CC[C@@H]6CNC[C@@H]65)ccc4C3)sc2n1. The summed E-state index contributed by atoms with van der Waals surface area (Å²) in [7, 11) is 0. The van der Waals surface area contributed by atoms with Crippen LogP contribution in [0.4, 0.5) is 11.5 Å². The molecule has 0 aromatic carbocycles. The van der Waals surface area contributed by atoms with Crippen LogP contribution in [0.15, 0.2) is 24.3 Å². The fourth-order valence-corrected chi connectivity index (χ4v) is 6.57. The van der Waals surface area contributed by atoms with Crippen LogP contribution in [-0.4, -0.2) is 47.6 Å². The van der Waals surface area contributed by atoms with Crippen molar-refractivity contribution in [2.45, 2.75) is 44.7 Å². The number of aryl methyl sites for hydroxylation is 2. The molecule has 7 nitrogen and oxygen atoms in total. The Hall–Kier alpha value is -2.71. The first-order chi connectivity index (χ1) is 15.6. The molecule has 2 aliphatic heterocycles. The van der Waals surface area contributed by atoms with Gasteiger partial charge in [-0.05, 0) is 62.3 Å². The summed E-state index contributed by atoms with van der Waals surface area (Å²) < 4.78 is 0. The number of pyridine rings is 2. The molecule has 0 saturated carbocycles. The summed E-state index contributed by atoms with van der Waals surface area (Å²) in [4.78, 5) is 26.4. The van der Waals surface area contributed by atoms with Crippen molar-refractivity contribution in [3.8, 4) is 0 Å². The van der Waals surface area contributed by atoms with Crippen molar-refractivity contribution in [3.63, 3.8) is 0 Å². The number of hydrogen-bond donors (Lipinski definition) is 3. The lowest BCUT2D eigenvalue weighted by Crippen LogP contribution is -2.39. The smallest absolute Gasteiger partial charge is 0.263 e. The number of nitrogens with two attached hydrogens (primary N) is 1. The van der Waals surface area contributed by atoms with E-state index in [4.69, 9.17) is 10.7 Å². The third-order valence-electron chi connectivity index (χ3n) is 7.26. The lowest BCUT2D eigenvalue weighted by atomic mass is 9.91. The maximum absolute atomic E-state index is 13.0. The highest BCUT2D eigenvalue weighted by atomic mass is 32.1. The third-order valence-corrected chi connectivity index (χ3v) is 8.38. The van der Waals surface area contributed by atoms with E-state index < -0.39 is 0 Å². The van der Waals surface area contributed by atoms with Crippen molar-refractivity contribution in [1.29, 1.82) is 0 Å². The van der Waals surface area contributed by atoms with Crippen LogP contribution >= 0.6 is 11.3 Å². The molecule has 0 spiro atoms. The molecule has 4 N–H and O–H groups in total. The number of thiophene rings is 1. The first-order valence-corrected chi connectivity index (χ1v) is 12.3. The van der Waals surface area contributed by atoms with Gasteiger partial charge >= 0.3 is 0 Å². The molecule has 0 bridgehead atoms. The fraction of sp³-hybridized carbons (Fsp3) is 0.458. The van der Waals surface area contributed by atoms with E-state index in [0.717, 1.165) is 66.5 Å². The molecule has 8 heteroatoms. The van der Waals surface area contributed by atoms with E-state index in [9.17, 15) is 4.79 Å². The summed E-state index contributed by atoms with van der Waals surface area (Å²) in [5.41, 5.74) is 10.2. The summed E-state index contributed by atoms with van der Waals surface area (Å²) in [6.45, 7) is 5.24. The number of hydrogen-bond acceptors (Lipinski definition) is 7. The number of rotatable bonds is 3. The average Bonchev–Trinajstić information content (AvgIpc) is 3.48. The van der Waals surface area contributed by atoms with Gasteiger partial charge in [-0.15, -0.1) is 11.3 Å². The largest absolute Gasteiger partial charge is 0.397 e. The Morgan fingerprint density at radius 3 is 3.03 bits per heavy atom. The average molecular weight is 449 g/mol. The Labute approximate surface area is 191 Å². The highest BCUT2D eigenvalue weighted by Crippen LogP contribution is 2.34. The van der Waals surface area contributed by atoms with Crippen molar-refractivity contribution in [1.82, 2.24) is 20.6 Å². The van der Waals surface area contributed by atoms with Crippen LogP contribution in [-0.2, 0) is 12.8 Å². The van der Waals surface area contributed by atoms with Crippen LogP contribution in [0.5, 0.6) is 0 Å². The zero-order valence-electron chi connectivity index (χ0n) is 18.2. The molecule has 0 unspecified atom stereocenters. The van der Waals surface area contributed by atoms with Crippen molar-refractivity contribution >= 4 is 39.0 Å². The lowest BCUT2D eigenvalue weighted by molar-refractivity contribution is 0.0938. The summed E-state index contributed by atoms with van der Waals surface area (Å²) in [5, 5.41) is 7.59. The minimum absolute atomic E-state index is 0.0946. The van der Waals surface area contributed by atoms with Crippen molar-refractivity contribution in [2.24, 2.45) is 5.92 Å². The molecule has 2 fully saturated rings. The van der Waals surface area contributed by atoms with E-state index in [2.05, 4.69) is 32.7 Å². The molecular weight excluding hydrogens is 420 g/mol. The Morgan fingerprint density at radius 1 is 1.22 bits per heavy atom. The molecule has 6 rings (SSSR count). The normalized spacial score (nSPS) is 24.5. The molecular formula is C24H28N6OS. The molecule has 3 atom stereocenters. The second-order valence-corrected chi connectivity index (χ2v) is 10.3. The second kappa shape index (κ2) is 7.71. The first-order valence-electron chi connectivity index (χ1n) is 11.5. The Morgan fingerprint density at radius 2 is 2.12 bits per heavy atom. The number of nitrogen functional groups attached to an aromatic ring is 1. The van der Waals surface area contributed by atoms with Crippen molar-refractivity contribution in [2.75, 3.05) is 30.3 Å². The van der Waals surface area contributed by atoms with Crippen LogP contribution in [0.1, 0.15) is 39.5 Å². The molecule has 3 aromatic rings. The van der Waals surface area contributed by atoms with Gasteiger partial charge in [-0.25, -0.2) is 9.97 Å². The zero-order chi connectivity index (χ0) is 21.8. The second-order valence-electron chi connectivity index (χ2n) is 9.31. The van der Waals surface area contributed by atoms with Crippen molar-refractivity contribution < 1.29 is 4.79 Å². The molecule has 2 saturated heterocycles. The highest BCUT2D eigenvalue weighted by molar-refractivity contribution is 7.21. The van der Waals surface area contributed by atoms with E-state index in [1.807, 2.05) is 19.1 Å². The van der Waals surface area contributed by atoms with Crippen LogP contribution in [0.2, 0.25) is 0 Å². The van der Waals surface area contributed by atoms with E-state index in [1.165, 1.54) is 29.0 Å². The van der Waals surface area contributed by atoms with Crippen molar-refractivity contribution in [3.05, 3.63) is 46.1 Å². The molecule has 0 radical (unpaired) electrons. The number of aromatic nitrogens is 2. The number of amides is 1. The predicted octanol–water partition coefficient (Wildman–Crippen LogP) is 2.67. The lowest BCUT2D eigenvalue weighted by Gasteiger charge is -2.28. The monoisotopic (exact) mass is 448 g/mol. The maximum atomic E-state index is 13.0.